The van der Waals surface area contributed by atoms with E-state index in [2.05, 4.69) is 5.32 Å². The van der Waals surface area contributed by atoms with E-state index in [1.807, 2.05) is 6.92 Å². The number of likely N-dealkylation sites (tertiary alicyclic amines) is 1. The van der Waals surface area contributed by atoms with Crippen LogP contribution in [0.4, 0.5) is 0 Å². The number of primary amides is 1. The van der Waals surface area contributed by atoms with Gasteiger partial charge in [0.05, 0.1) is 5.54 Å². The molecule has 0 aromatic rings. The average Bonchev–Trinajstić information content (AvgIpc) is 2.50. The summed E-state index contributed by atoms with van der Waals surface area (Å²) in [5, 5.41) is 3.20. The van der Waals surface area contributed by atoms with Gasteiger partial charge >= 0.3 is 0 Å². The Hall–Kier alpha value is -1.10. The summed E-state index contributed by atoms with van der Waals surface area (Å²) in [5.74, 6) is -0.369. The highest BCUT2D eigenvalue weighted by atomic mass is 16.2. The fourth-order valence-corrected chi connectivity index (χ4v) is 2.32. The molecule has 5 heteroatoms. The lowest BCUT2D eigenvalue weighted by atomic mass is 9.93. The minimum Gasteiger partial charge on any atom is -0.368 e. The predicted octanol–water partition coefficient (Wildman–Crippen LogP) is -0.785. The first-order chi connectivity index (χ1) is 7.04. The second-order valence-electron chi connectivity index (χ2n) is 4.57. The summed E-state index contributed by atoms with van der Waals surface area (Å²) >= 11 is 0. The molecule has 84 valence electrons. The monoisotopic (exact) mass is 211 g/mol. The molecule has 2 atom stereocenters. The number of hydrogen-bond donors (Lipinski definition) is 2. The Balaban J connectivity index is 2.05. The van der Waals surface area contributed by atoms with E-state index < -0.39 is 11.4 Å². The largest absolute Gasteiger partial charge is 0.368 e. The smallest absolute Gasteiger partial charge is 0.243 e. The van der Waals surface area contributed by atoms with Gasteiger partial charge in [-0.1, -0.05) is 0 Å². The first-order valence-corrected chi connectivity index (χ1v) is 5.40. The molecule has 0 aliphatic carbocycles. The van der Waals surface area contributed by atoms with Crippen LogP contribution in [0, 0.1) is 0 Å². The highest BCUT2D eigenvalue weighted by Gasteiger charge is 2.45. The fraction of sp³-hybridized carbons (Fsp3) is 0.800. The van der Waals surface area contributed by atoms with E-state index in [9.17, 15) is 9.59 Å². The van der Waals surface area contributed by atoms with Crippen LogP contribution < -0.4 is 11.1 Å². The topological polar surface area (TPSA) is 75.4 Å². The van der Waals surface area contributed by atoms with E-state index >= 15 is 0 Å². The summed E-state index contributed by atoms with van der Waals surface area (Å²) < 4.78 is 0. The lowest BCUT2D eigenvalue weighted by Gasteiger charge is -2.43. The minimum atomic E-state index is -0.478. The molecular weight excluding hydrogens is 194 g/mol. The Morgan fingerprint density at radius 3 is 2.67 bits per heavy atom. The molecule has 2 heterocycles. The van der Waals surface area contributed by atoms with Crippen molar-refractivity contribution in [2.24, 2.45) is 5.73 Å². The number of amides is 2. The zero-order valence-corrected chi connectivity index (χ0v) is 8.95. The van der Waals surface area contributed by atoms with Crippen molar-refractivity contribution in [2.75, 3.05) is 13.1 Å². The molecule has 5 nitrogen and oxygen atoms in total. The summed E-state index contributed by atoms with van der Waals surface area (Å²) in [6, 6.07) is -0.378. The van der Waals surface area contributed by atoms with Gasteiger partial charge in [-0.25, -0.2) is 0 Å². The standard InChI is InChI=1S/C10H17N3O2/c1-10(4-2-5-12-10)9(15)13-6-3-7(13)8(11)14/h7,12H,2-6H2,1H3,(H2,11,14)/t7?,10-/m0/s1. The van der Waals surface area contributed by atoms with E-state index in [1.165, 1.54) is 0 Å². The van der Waals surface area contributed by atoms with E-state index in [4.69, 9.17) is 5.73 Å². The Kier molecular flexibility index (Phi) is 2.42. The van der Waals surface area contributed by atoms with Crippen molar-refractivity contribution < 1.29 is 9.59 Å². The lowest BCUT2D eigenvalue weighted by Crippen LogP contribution is -2.64. The van der Waals surface area contributed by atoms with Crippen LogP contribution in [0.25, 0.3) is 0 Å². The molecule has 0 aromatic heterocycles. The van der Waals surface area contributed by atoms with Crippen LogP contribution in [0.15, 0.2) is 0 Å². The number of nitrogens with two attached hydrogens (primary N) is 1. The van der Waals surface area contributed by atoms with Gasteiger partial charge in [0.25, 0.3) is 0 Å². The quantitative estimate of drug-likeness (QED) is 0.629. The molecule has 2 fully saturated rings. The van der Waals surface area contributed by atoms with Gasteiger partial charge < -0.3 is 16.0 Å². The van der Waals surface area contributed by atoms with Crippen molar-refractivity contribution in [3.05, 3.63) is 0 Å². The van der Waals surface area contributed by atoms with Crippen LogP contribution in [0.3, 0.4) is 0 Å². The van der Waals surface area contributed by atoms with Gasteiger partial charge in [0.1, 0.15) is 6.04 Å². The highest BCUT2D eigenvalue weighted by Crippen LogP contribution is 2.26. The minimum absolute atomic E-state index is 0.0232. The third kappa shape index (κ3) is 1.61. The van der Waals surface area contributed by atoms with Crippen molar-refractivity contribution in [1.29, 1.82) is 0 Å². The summed E-state index contributed by atoms with van der Waals surface area (Å²) in [5.41, 5.74) is 4.74. The van der Waals surface area contributed by atoms with Crippen LogP contribution in [-0.4, -0.2) is 41.4 Å². The van der Waals surface area contributed by atoms with Crippen LogP contribution in [-0.2, 0) is 9.59 Å². The number of nitrogens with zero attached hydrogens (tertiary/aromatic N) is 1. The number of hydrogen-bond acceptors (Lipinski definition) is 3. The molecule has 2 aliphatic heterocycles. The van der Waals surface area contributed by atoms with Gasteiger partial charge in [-0.3, -0.25) is 9.59 Å². The van der Waals surface area contributed by atoms with Gasteiger partial charge in [-0.05, 0) is 32.7 Å². The molecule has 2 saturated heterocycles. The first-order valence-electron chi connectivity index (χ1n) is 5.40. The Morgan fingerprint density at radius 1 is 1.53 bits per heavy atom. The molecule has 0 aromatic carbocycles. The second-order valence-corrected chi connectivity index (χ2v) is 4.57. The molecule has 0 bridgehead atoms. The number of carbonyl (C=O) groups excluding carboxylic acids is 2. The summed E-state index contributed by atoms with van der Waals surface area (Å²) in [4.78, 5) is 24.7. The summed E-state index contributed by atoms with van der Waals surface area (Å²) in [6.07, 6.45) is 2.56. The van der Waals surface area contributed by atoms with E-state index in [0.29, 0.717) is 13.0 Å². The third-order valence-corrected chi connectivity index (χ3v) is 3.45. The zero-order valence-electron chi connectivity index (χ0n) is 8.95. The third-order valence-electron chi connectivity index (χ3n) is 3.45. The molecule has 3 N–H and O–H groups in total. The maximum atomic E-state index is 12.1. The number of carbonyl (C=O) groups is 2. The molecule has 2 rings (SSSR count). The molecule has 1 unspecified atom stereocenters. The van der Waals surface area contributed by atoms with E-state index in [1.54, 1.807) is 4.90 Å². The highest BCUT2D eigenvalue weighted by molar-refractivity contribution is 5.93. The van der Waals surface area contributed by atoms with E-state index in [0.717, 1.165) is 19.4 Å². The Morgan fingerprint density at radius 2 is 2.27 bits per heavy atom. The maximum Gasteiger partial charge on any atom is 0.243 e. The normalized spacial score (nSPS) is 35.0. The van der Waals surface area contributed by atoms with Crippen molar-refractivity contribution >= 4 is 11.8 Å². The summed E-state index contributed by atoms with van der Waals surface area (Å²) in [6.45, 7) is 3.43. The molecule has 15 heavy (non-hydrogen) atoms. The Labute approximate surface area is 89.0 Å². The van der Waals surface area contributed by atoms with E-state index in [-0.39, 0.29) is 11.9 Å². The van der Waals surface area contributed by atoms with Crippen molar-refractivity contribution in [3.63, 3.8) is 0 Å². The Bertz CT molecular complexity index is 297. The van der Waals surface area contributed by atoms with Gasteiger partial charge in [-0.2, -0.15) is 0 Å². The summed E-state index contributed by atoms with van der Waals surface area (Å²) in [7, 11) is 0. The SMILES string of the molecule is C[C@@]1(C(=O)N2CCC2C(N)=O)CCCN1. The number of rotatable bonds is 2. The van der Waals surface area contributed by atoms with Crippen molar-refractivity contribution in [2.45, 2.75) is 37.8 Å². The fourth-order valence-electron chi connectivity index (χ4n) is 2.32. The predicted molar refractivity (Wildman–Crippen MR) is 55.0 cm³/mol. The molecule has 0 saturated carbocycles. The average molecular weight is 211 g/mol. The molecule has 0 radical (unpaired) electrons. The van der Waals surface area contributed by atoms with Crippen LogP contribution in [0.5, 0.6) is 0 Å². The molecular formula is C10H17N3O2. The maximum absolute atomic E-state index is 12.1. The van der Waals surface area contributed by atoms with Crippen molar-refractivity contribution in [3.8, 4) is 0 Å². The first kappa shape index (κ1) is 10.4. The van der Waals surface area contributed by atoms with Gasteiger partial charge in [-0.15, -0.1) is 0 Å². The molecule has 2 aliphatic rings. The van der Waals surface area contributed by atoms with Gasteiger partial charge in [0.2, 0.25) is 11.8 Å². The van der Waals surface area contributed by atoms with Gasteiger partial charge in [0, 0.05) is 6.54 Å². The molecule has 0 spiro atoms. The van der Waals surface area contributed by atoms with Crippen LogP contribution in [0.1, 0.15) is 26.2 Å². The molecule has 2 amide bonds. The lowest BCUT2D eigenvalue weighted by molar-refractivity contribution is -0.150. The van der Waals surface area contributed by atoms with Crippen LogP contribution in [0.2, 0.25) is 0 Å². The second kappa shape index (κ2) is 3.48. The van der Waals surface area contributed by atoms with Gasteiger partial charge in [0.15, 0.2) is 0 Å². The zero-order chi connectivity index (χ0) is 11.1. The number of nitrogens with one attached hydrogen (secondary N) is 1. The van der Waals surface area contributed by atoms with Crippen LogP contribution >= 0.6 is 0 Å². The van der Waals surface area contributed by atoms with Crippen molar-refractivity contribution in [1.82, 2.24) is 10.2 Å².